The quantitative estimate of drug-likeness (QED) is 0.167. The second kappa shape index (κ2) is 13.5. The summed E-state index contributed by atoms with van der Waals surface area (Å²) in [5.41, 5.74) is 27.2. The molecule has 0 spiro atoms. The minimum atomic E-state index is -0.128. The van der Waals surface area contributed by atoms with E-state index in [1.165, 1.54) is 100 Å². The Hall–Kier alpha value is -6.44. The molecule has 11 rings (SSSR count). The fraction of sp³-hybridized carbons (Fsp3) is 0.226. The number of anilines is 3. The predicted octanol–water partition coefficient (Wildman–Crippen LogP) is 17.0. The second-order valence-corrected chi connectivity index (χ2v) is 21.1. The Labute approximate surface area is 375 Å². The lowest BCUT2D eigenvalue weighted by atomic mass is 9.80. The Bertz CT molecular complexity index is 3050. The molecule has 0 aromatic heterocycles. The number of nitrogens with zero attached hydrogens (tertiary/aromatic N) is 1. The number of rotatable bonds is 5. The van der Waals surface area contributed by atoms with Crippen molar-refractivity contribution in [2.75, 3.05) is 4.90 Å². The molecule has 0 amide bonds. The highest BCUT2D eigenvalue weighted by molar-refractivity contribution is 5.93. The van der Waals surface area contributed by atoms with Gasteiger partial charge in [0.1, 0.15) is 0 Å². The van der Waals surface area contributed by atoms with E-state index in [1.54, 1.807) is 0 Å². The van der Waals surface area contributed by atoms with Crippen LogP contribution >= 0.6 is 0 Å². The third-order valence-electron chi connectivity index (χ3n) is 15.3. The van der Waals surface area contributed by atoms with Crippen molar-refractivity contribution < 1.29 is 0 Å². The van der Waals surface area contributed by atoms with Crippen LogP contribution in [0.2, 0.25) is 0 Å². The minimum absolute atomic E-state index is 0.0406. The Kier molecular flexibility index (Phi) is 8.46. The summed E-state index contributed by atoms with van der Waals surface area (Å²) in [5.74, 6) is 0. The molecular formula is C62H57N. The number of fused-ring (bicyclic) bond motifs is 9. The molecule has 0 radical (unpaired) electrons. The van der Waals surface area contributed by atoms with Crippen molar-refractivity contribution >= 4 is 17.1 Å². The van der Waals surface area contributed by atoms with E-state index in [0.717, 1.165) is 17.1 Å². The molecule has 0 saturated carbocycles. The van der Waals surface area contributed by atoms with Crippen LogP contribution in [-0.2, 0) is 21.7 Å². The molecule has 1 heteroatoms. The fourth-order valence-electron chi connectivity index (χ4n) is 11.6. The molecule has 0 fully saturated rings. The number of hydrogen-bond donors (Lipinski definition) is 0. The molecule has 0 N–H and O–H groups in total. The van der Waals surface area contributed by atoms with E-state index in [4.69, 9.17) is 0 Å². The summed E-state index contributed by atoms with van der Waals surface area (Å²) in [6.07, 6.45) is 0. The highest BCUT2D eigenvalue weighted by atomic mass is 15.1. The fourth-order valence-corrected chi connectivity index (χ4v) is 11.6. The van der Waals surface area contributed by atoms with Crippen LogP contribution < -0.4 is 4.90 Å². The summed E-state index contributed by atoms with van der Waals surface area (Å²) in [7, 11) is 0. The molecule has 0 unspecified atom stereocenters. The number of benzene rings is 8. The van der Waals surface area contributed by atoms with E-state index in [0.29, 0.717) is 0 Å². The lowest BCUT2D eigenvalue weighted by Crippen LogP contribution is -2.17. The summed E-state index contributed by atoms with van der Waals surface area (Å²) in [6.45, 7) is 23.5. The first-order valence-corrected chi connectivity index (χ1v) is 22.8. The number of hydrogen-bond acceptors (Lipinski definition) is 1. The van der Waals surface area contributed by atoms with Crippen molar-refractivity contribution in [3.63, 3.8) is 0 Å². The molecule has 1 nitrogen and oxygen atoms in total. The van der Waals surface area contributed by atoms with Crippen molar-refractivity contribution in [3.8, 4) is 55.6 Å². The highest BCUT2D eigenvalue weighted by Crippen LogP contribution is 2.54. The molecule has 0 heterocycles. The smallest absolute Gasteiger partial charge is 0.0474 e. The molecule has 3 aliphatic carbocycles. The van der Waals surface area contributed by atoms with Gasteiger partial charge in [0.2, 0.25) is 0 Å². The molecule has 3 aliphatic rings. The van der Waals surface area contributed by atoms with E-state index in [9.17, 15) is 0 Å². The summed E-state index contributed by atoms with van der Waals surface area (Å²) in [6, 6.07) is 62.8. The van der Waals surface area contributed by atoms with Gasteiger partial charge in [-0.1, -0.05) is 178 Å². The van der Waals surface area contributed by atoms with Gasteiger partial charge in [0.15, 0.2) is 0 Å². The molecule has 0 atom stereocenters. The molecule has 8 aromatic carbocycles. The monoisotopic (exact) mass is 815 g/mol. The van der Waals surface area contributed by atoms with Gasteiger partial charge in [-0.25, -0.2) is 0 Å². The first-order valence-electron chi connectivity index (χ1n) is 22.8. The SMILES string of the molecule is Cc1c(-c2ccc3c(c2)C(C)(C)c2ccccc2-3)cc(N(c2ccc(C(C)(C)C)cc2)c2ccc3c(c2)C(C)(C)c2ccccc2-3)cc1-c1ccc2c(c1)C(C)(C)c1ccccc1-2. The summed E-state index contributed by atoms with van der Waals surface area (Å²) >= 11 is 0. The normalized spacial score (nSPS) is 15.5. The van der Waals surface area contributed by atoms with Gasteiger partial charge in [0.25, 0.3) is 0 Å². The van der Waals surface area contributed by atoms with Crippen molar-refractivity contribution in [1.82, 2.24) is 0 Å². The average molecular weight is 816 g/mol. The van der Waals surface area contributed by atoms with Crippen LogP contribution in [0.5, 0.6) is 0 Å². The van der Waals surface area contributed by atoms with Crippen LogP contribution in [0.1, 0.15) is 107 Å². The third kappa shape index (κ3) is 5.81. The molecule has 8 aromatic rings. The molecular weight excluding hydrogens is 759 g/mol. The van der Waals surface area contributed by atoms with Gasteiger partial charge < -0.3 is 4.90 Å². The lowest BCUT2D eigenvalue weighted by molar-refractivity contribution is 0.590. The van der Waals surface area contributed by atoms with Crippen LogP contribution in [0.25, 0.3) is 55.6 Å². The maximum absolute atomic E-state index is 2.51. The molecule has 0 bridgehead atoms. The zero-order valence-corrected chi connectivity index (χ0v) is 38.5. The third-order valence-corrected chi connectivity index (χ3v) is 15.3. The van der Waals surface area contributed by atoms with E-state index < -0.39 is 0 Å². The minimum Gasteiger partial charge on any atom is -0.310 e. The van der Waals surface area contributed by atoms with E-state index in [2.05, 4.69) is 238 Å². The van der Waals surface area contributed by atoms with E-state index in [1.807, 2.05) is 0 Å². The average Bonchev–Trinajstić information content (AvgIpc) is 3.76. The molecule has 0 aliphatic heterocycles. The highest BCUT2D eigenvalue weighted by Gasteiger charge is 2.38. The maximum Gasteiger partial charge on any atom is 0.0474 e. The van der Waals surface area contributed by atoms with Gasteiger partial charge in [0, 0.05) is 33.3 Å². The summed E-state index contributed by atoms with van der Waals surface area (Å²) in [4.78, 5) is 2.51. The van der Waals surface area contributed by atoms with Gasteiger partial charge in [-0.15, -0.1) is 0 Å². The van der Waals surface area contributed by atoms with Crippen LogP contribution in [0.15, 0.2) is 164 Å². The standard InChI is InChI=1S/C62H57N/c1-38-51(39-23-30-48-45-17-11-14-20-53(45)60(5,6)56(48)33-39)35-44(36-52(38)40-24-31-49-46-18-12-15-21-54(46)61(7,8)57(49)34-40)63(42-27-25-41(26-28-42)59(2,3)4)43-29-32-50-47-19-13-16-22-55(47)62(9,10)58(50)37-43/h11-37H,1-10H3. The van der Waals surface area contributed by atoms with Crippen LogP contribution in [-0.4, -0.2) is 0 Å². The van der Waals surface area contributed by atoms with Gasteiger partial charge in [-0.05, 0) is 161 Å². The Morgan fingerprint density at radius 2 is 0.698 bits per heavy atom. The summed E-state index contributed by atoms with van der Waals surface area (Å²) in [5, 5.41) is 0. The Balaban J connectivity index is 1.16. The first-order chi connectivity index (χ1) is 30.0. The van der Waals surface area contributed by atoms with Crippen LogP contribution in [0.3, 0.4) is 0 Å². The zero-order chi connectivity index (χ0) is 43.8. The predicted molar refractivity (Wildman–Crippen MR) is 268 cm³/mol. The van der Waals surface area contributed by atoms with E-state index in [-0.39, 0.29) is 21.7 Å². The summed E-state index contributed by atoms with van der Waals surface area (Å²) < 4.78 is 0. The Morgan fingerprint density at radius 3 is 1.13 bits per heavy atom. The molecule has 0 saturated heterocycles. The molecule has 63 heavy (non-hydrogen) atoms. The lowest BCUT2D eigenvalue weighted by Gasteiger charge is -2.30. The zero-order valence-electron chi connectivity index (χ0n) is 38.5. The van der Waals surface area contributed by atoms with E-state index >= 15 is 0 Å². The topological polar surface area (TPSA) is 3.24 Å². The van der Waals surface area contributed by atoms with Crippen LogP contribution in [0, 0.1) is 6.92 Å². The van der Waals surface area contributed by atoms with Crippen molar-refractivity contribution in [1.29, 1.82) is 0 Å². The molecule has 310 valence electrons. The first kappa shape index (κ1) is 39.4. The van der Waals surface area contributed by atoms with Crippen molar-refractivity contribution in [2.24, 2.45) is 0 Å². The van der Waals surface area contributed by atoms with Gasteiger partial charge in [-0.3, -0.25) is 0 Å². The van der Waals surface area contributed by atoms with Gasteiger partial charge >= 0.3 is 0 Å². The van der Waals surface area contributed by atoms with Gasteiger partial charge in [-0.2, -0.15) is 0 Å². The second-order valence-electron chi connectivity index (χ2n) is 21.1. The van der Waals surface area contributed by atoms with Gasteiger partial charge in [0.05, 0.1) is 0 Å². The van der Waals surface area contributed by atoms with Crippen molar-refractivity contribution in [3.05, 3.63) is 208 Å². The van der Waals surface area contributed by atoms with Crippen molar-refractivity contribution in [2.45, 2.75) is 90.9 Å². The Morgan fingerprint density at radius 1 is 0.333 bits per heavy atom. The largest absolute Gasteiger partial charge is 0.310 e. The van der Waals surface area contributed by atoms with Crippen LogP contribution in [0.4, 0.5) is 17.1 Å². The maximum atomic E-state index is 2.51.